The van der Waals surface area contributed by atoms with E-state index in [1.807, 2.05) is 11.3 Å². The molecule has 0 aliphatic carbocycles. The standard InChI is InChI=1S/C18H25NS/c1-3-13-19-18(17-11-5-4-8-15(17)2)12-6-9-16-10-7-14-20-16/h4-5,7-8,10-11,14,18-19H,3,6,9,12-13H2,1-2H3. The van der Waals surface area contributed by atoms with Gasteiger partial charge in [-0.15, -0.1) is 11.3 Å². The second-order valence-electron chi connectivity index (χ2n) is 5.33. The first-order valence-electron chi connectivity index (χ1n) is 7.62. The van der Waals surface area contributed by atoms with Gasteiger partial charge in [0.15, 0.2) is 0 Å². The minimum absolute atomic E-state index is 0.496. The van der Waals surface area contributed by atoms with Gasteiger partial charge in [0.2, 0.25) is 0 Å². The highest BCUT2D eigenvalue weighted by atomic mass is 32.1. The largest absolute Gasteiger partial charge is 0.310 e. The van der Waals surface area contributed by atoms with Crippen LogP contribution in [-0.2, 0) is 6.42 Å². The van der Waals surface area contributed by atoms with Gasteiger partial charge in [-0.2, -0.15) is 0 Å². The molecule has 1 unspecified atom stereocenters. The molecule has 0 aliphatic heterocycles. The molecule has 1 aromatic carbocycles. The number of nitrogens with one attached hydrogen (secondary N) is 1. The first-order valence-corrected chi connectivity index (χ1v) is 8.50. The highest BCUT2D eigenvalue weighted by molar-refractivity contribution is 7.09. The Labute approximate surface area is 127 Å². The van der Waals surface area contributed by atoms with E-state index in [1.54, 1.807) is 0 Å². The van der Waals surface area contributed by atoms with Gasteiger partial charge in [0.05, 0.1) is 0 Å². The number of aryl methyl sites for hydroxylation is 2. The number of thiophene rings is 1. The number of hydrogen-bond donors (Lipinski definition) is 1. The smallest absolute Gasteiger partial charge is 0.0322 e. The third-order valence-corrected chi connectivity index (χ3v) is 4.64. The molecule has 1 atom stereocenters. The summed E-state index contributed by atoms with van der Waals surface area (Å²) in [6.07, 6.45) is 4.85. The summed E-state index contributed by atoms with van der Waals surface area (Å²) in [6.45, 7) is 5.54. The molecule has 1 N–H and O–H groups in total. The van der Waals surface area contributed by atoms with Crippen LogP contribution in [0.25, 0.3) is 0 Å². The SMILES string of the molecule is CCCNC(CCCc1cccs1)c1ccccc1C. The Morgan fingerprint density at radius 2 is 2.00 bits per heavy atom. The molecule has 0 aliphatic rings. The van der Waals surface area contributed by atoms with Crippen LogP contribution < -0.4 is 5.32 Å². The zero-order valence-electron chi connectivity index (χ0n) is 12.6. The van der Waals surface area contributed by atoms with Crippen molar-refractivity contribution in [1.82, 2.24) is 5.32 Å². The van der Waals surface area contributed by atoms with Gasteiger partial charge in [-0.1, -0.05) is 37.3 Å². The highest BCUT2D eigenvalue weighted by Crippen LogP contribution is 2.23. The Bertz CT molecular complexity index is 490. The first kappa shape index (κ1) is 15.3. The summed E-state index contributed by atoms with van der Waals surface area (Å²) in [5.41, 5.74) is 2.87. The van der Waals surface area contributed by atoms with E-state index < -0.39 is 0 Å². The normalized spacial score (nSPS) is 12.5. The maximum atomic E-state index is 3.71. The molecule has 0 saturated heterocycles. The van der Waals surface area contributed by atoms with Crippen molar-refractivity contribution in [2.24, 2.45) is 0 Å². The van der Waals surface area contributed by atoms with Crippen molar-refractivity contribution in [3.05, 3.63) is 57.8 Å². The van der Waals surface area contributed by atoms with Crippen molar-refractivity contribution < 1.29 is 0 Å². The summed E-state index contributed by atoms with van der Waals surface area (Å²) in [5, 5.41) is 5.88. The van der Waals surface area contributed by atoms with Gasteiger partial charge in [0.1, 0.15) is 0 Å². The topological polar surface area (TPSA) is 12.0 Å². The van der Waals surface area contributed by atoms with Crippen LogP contribution in [0.1, 0.15) is 48.2 Å². The Kier molecular flexibility index (Phi) is 6.28. The average Bonchev–Trinajstić information content (AvgIpc) is 2.97. The van der Waals surface area contributed by atoms with Gasteiger partial charge in [-0.05, 0) is 61.7 Å². The van der Waals surface area contributed by atoms with E-state index in [-0.39, 0.29) is 0 Å². The Balaban J connectivity index is 1.95. The van der Waals surface area contributed by atoms with E-state index in [2.05, 4.69) is 60.9 Å². The van der Waals surface area contributed by atoms with E-state index in [4.69, 9.17) is 0 Å². The number of benzene rings is 1. The molecule has 0 spiro atoms. The van der Waals surface area contributed by atoms with Crippen molar-refractivity contribution in [2.45, 2.75) is 45.6 Å². The third-order valence-electron chi connectivity index (χ3n) is 3.70. The fourth-order valence-corrected chi connectivity index (χ4v) is 3.35. The lowest BCUT2D eigenvalue weighted by molar-refractivity contribution is 0.483. The Morgan fingerprint density at radius 1 is 1.15 bits per heavy atom. The second-order valence-corrected chi connectivity index (χ2v) is 6.37. The van der Waals surface area contributed by atoms with Crippen molar-refractivity contribution in [1.29, 1.82) is 0 Å². The monoisotopic (exact) mass is 287 g/mol. The summed E-state index contributed by atoms with van der Waals surface area (Å²) in [7, 11) is 0. The van der Waals surface area contributed by atoms with Crippen LogP contribution in [0, 0.1) is 6.92 Å². The van der Waals surface area contributed by atoms with Crippen LogP contribution in [0.3, 0.4) is 0 Å². The predicted octanol–water partition coefficient (Wildman–Crippen LogP) is 5.12. The minimum Gasteiger partial charge on any atom is -0.310 e. The highest BCUT2D eigenvalue weighted by Gasteiger charge is 2.12. The molecule has 0 bridgehead atoms. The van der Waals surface area contributed by atoms with E-state index in [0.717, 1.165) is 6.54 Å². The van der Waals surface area contributed by atoms with Gasteiger partial charge in [0, 0.05) is 10.9 Å². The minimum atomic E-state index is 0.496. The molecule has 108 valence electrons. The molecule has 0 amide bonds. The van der Waals surface area contributed by atoms with Crippen molar-refractivity contribution in [2.75, 3.05) is 6.54 Å². The van der Waals surface area contributed by atoms with Gasteiger partial charge < -0.3 is 5.32 Å². The van der Waals surface area contributed by atoms with Crippen LogP contribution in [0.4, 0.5) is 0 Å². The Hall–Kier alpha value is -1.12. The molecular weight excluding hydrogens is 262 g/mol. The van der Waals surface area contributed by atoms with Gasteiger partial charge in [-0.3, -0.25) is 0 Å². The predicted molar refractivity (Wildman–Crippen MR) is 89.5 cm³/mol. The van der Waals surface area contributed by atoms with Crippen LogP contribution in [0.15, 0.2) is 41.8 Å². The average molecular weight is 287 g/mol. The Morgan fingerprint density at radius 3 is 2.70 bits per heavy atom. The van der Waals surface area contributed by atoms with Crippen LogP contribution >= 0.6 is 11.3 Å². The molecule has 20 heavy (non-hydrogen) atoms. The van der Waals surface area contributed by atoms with E-state index in [1.165, 1.54) is 41.7 Å². The fourth-order valence-electron chi connectivity index (χ4n) is 2.60. The molecule has 2 aromatic rings. The second kappa shape index (κ2) is 8.23. The molecule has 1 nitrogen and oxygen atoms in total. The first-order chi connectivity index (χ1) is 9.81. The van der Waals surface area contributed by atoms with Crippen LogP contribution in [0.5, 0.6) is 0 Å². The summed E-state index contributed by atoms with van der Waals surface area (Å²) < 4.78 is 0. The molecule has 1 aromatic heterocycles. The quantitative estimate of drug-likeness (QED) is 0.710. The zero-order chi connectivity index (χ0) is 14.2. The van der Waals surface area contributed by atoms with E-state index in [0.29, 0.717) is 6.04 Å². The number of rotatable bonds is 8. The van der Waals surface area contributed by atoms with Crippen molar-refractivity contribution >= 4 is 11.3 Å². The lowest BCUT2D eigenvalue weighted by atomic mass is 9.96. The van der Waals surface area contributed by atoms with Crippen LogP contribution in [0.2, 0.25) is 0 Å². The summed E-state index contributed by atoms with van der Waals surface area (Å²) >= 11 is 1.87. The van der Waals surface area contributed by atoms with Crippen molar-refractivity contribution in [3.8, 4) is 0 Å². The molecule has 2 heteroatoms. The van der Waals surface area contributed by atoms with Gasteiger partial charge in [0.25, 0.3) is 0 Å². The fraction of sp³-hybridized carbons (Fsp3) is 0.444. The maximum Gasteiger partial charge on any atom is 0.0322 e. The van der Waals surface area contributed by atoms with Crippen molar-refractivity contribution in [3.63, 3.8) is 0 Å². The lowest BCUT2D eigenvalue weighted by Gasteiger charge is -2.21. The molecule has 0 fully saturated rings. The lowest BCUT2D eigenvalue weighted by Crippen LogP contribution is -2.23. The maximum absolute atomic E-state index is 3.71. The molecule has 2 rings (SSSR count). The summed E-state index contributed by atoms with van der Waals surface area (Å²) in [6, 6.07) is 13.7. The molecule has 1 heterocycles. The van der Waals surface area contributed by atoms with Crippen LogP contribution in [-0.4, -0.2) is 6.54 Å². The van der Waals surface area contributed by atoms with Gasteiger partial charge >= 0.3 is 0 Å². The van der Waals surface area contributed by atoms with E-state index >= 15 is 0 Å². The van der Waals surface area contributed by atoms with E-state index in [9.17, 15) is 0 Å². The summed E-state index contributed by atoms with van der Waals surface area (Å²) in [5.74, 6) is 0. The zero-order valence-corrected chi connectivity index (χ0v) is 13.4. The molecular formula is C18H25NS. The number of hydrogen-bond acceptors (Lipinski definition) is 2. The van der Waals surface area contributed by atoms with Gasteiger partial charge in [-0.25, -0.2) is 0 Å². The summed E-state index contributed by atoms with van der Waals surface area (Å²) in [4.78, 5) is 1.50. The molecule has 0 saturated carbocycles. The third kappa shape index (κ3) is 4.46. The molecule has 0 radical (unpaired) electrons.